The highest BCUT2D eigenvalue weighted by Crippen LogP contribution is 2.32. The Bertz CT molecular complexity index is 602. The van der Waals surface area contributed by atoms with Crippen molar-refractivity contribution in [2.45, 2.75) is 0 Å². The third-order valence-corrected chi connectivity index (χ3v) is 3.07. The molecule has 0 N–H and O–H groups in total. The molecule has 5 heteroatoms. The molecule has 0 aliphatic heterocycles. The number of hydrogen-bond donors (Lipinski definition) is 0. The predicted molar refractivity (Wildman–Crippen MR) is 87.9 cm³/mol. The van der Waals surface area contributed by atoms with Gasteiger partial charge in [0.1, 0.15) is 11.3 Å². The first-order chi connectivity index (χ1) is 8.08. The topological polar surface area (TPSA) is 13.1 Å². The summed E-state index contributed by atoms with van der Waals surface area (Å²) in [6.45, 7) is 0. The van der Waals surface area contributed by atoms with E-state index in [-0.39, 0.29) is 0 Å². The van der Waals surface area contributed by atoms with Gasteiger partial charge in [0.05, 0.1) is 6.78 Å². The highest BCUT2D eigenvalue weighted by molar-refractivity contribution is 9.28. The fraction of sp³-hybridized carbons (Fsp3) is 0. The van der Waals surface area contributed by atoms with E-state index in [0.29, 0.717) is 0 Å². The molecule has 0 fully saturated rings. The minimum atomic E-state index is 0.798. The molecule has 1 nitrogen and oxygen atoms in total. The Kier molecular flexibility index (Phi) is 4.69. The van der Waals surface area contributed by atoms with E-state index < -0.39 is 0 Å². The van der Waals surface area contributed by atoms with Crippen LogP contribution < -0.4 is 0 Å². The lowest BCUT2D eigenvalue weighted by Gasteiger charge is -1.92. The number of furan rings is 1. The monoisotopic (exact) mass is 482 g/mol. The quantitative estimate of drug-likeness (QED) is 0.466. The summed E-state index contributed by atoms with van der Waals surface area (Å²) in [5, 5.41) is 1.08. The molecule has 1 heterocycles. The third-order valence-electron chi connectivity index (χ3n) is 2.16. The Morgan fingerprint density at radius 2 is 1.59 bits per heavy atom. The normalized spacial score (nSPS) is 10.4. The summed E-state index contributed by atoms with van der Waals surface area (Å²) >= 11 is 13.4. The first-order valence-corrected chi connectivity index (χ1v) is 7.82. The first-order valence-electron chi connectivity index (χ1n) is 4.65. The molecule has 0 saturated carbocycles. The molecule has 0 saturated heterocycles. The SMILES string of the molecule is BrC(Br)=Cc1oc2ccccc2c1C=C(Br)Br. The maximum absolute atomic E-state index is 5.79. The Morgan fingerprint density at radius 3 is 2.24 bits per heavy atom. The average molecular weight is 486 g/mol. The average Bonchev–Trinajstić information content (AvgIpc) is 2.55. The molecule has 0 atom stereocenters. The summed E-state index contributed by atoms with van der Waals surface area (Å²) in [6.07, 6.45) is 3.86. The molecule has 0 aliphatic carbocycles. The predicted octanol–water partition coefficient (Wildman–Crippen LogP) is 6.61. The smallest absolute Gasteiger partial charge is 0.137 e. The zero-order valence-electron chi connectivity index (χ0n) is 8.38. The second-order valence-corrected chi connectivity index (χ2v) is 8.79. The van der Waals surface area contributed by atoms with Crippen LogP contribution in [0.5, 0.6) is 0 Å². The summed E-state index contributed by atoms with van der Waals surface area (Å²) in [4.78, 5) is 0. The van der Waals surface area contributed by atoms with Crippen LogP contribution in [0.4, 0.5) is 0 Å². The van der Waals surface area contributed by atoms with Gasteiger partial charge in [-0.3, -0.25) is 0 Å². The molecule has 17 heavy (non-hydrogen) atoms. The van der Waals surface area contributed by atoms with Crippen LogP contribution >= 0.6 is 63.7 Å². The van der Waals surface area contributed by atoms with E-state index in [4.69, 9.17) is 4.42 Å². The van der Waals surface area contributed by atoms with Crippen LogP contribution in [0.15, 0.2) is 35.5 Å². The Hall–Kier alpha value is 0.160. The van der Waals surface area contributed by atoms with Crippen molar-refractivity contribution in [1.82, 2.24) is 0 Å². The van der Waals surface area contributed by atoms with Gasteiger partial charge in [-0.2, -0.15) is 0 Å². The number of fused-ring (bicyclic) bond motifs is 1. The van der Waals surface area contributed by atoms with Crippen molar-refractivity contribution in [2.75, 3.05) is 0 Å². The van der Waals surface area contributed by atoms with Crippen LogP contribution in [-0.4, -0.2) is 0 Å². The maximum atomic E-state index is 5.79. The van der Waals surface area contributed by atoms with Crippen LogP contribution in [0.25, 0.3) is 23.1 Å². The molecular weight excluding hydrogens is 480 g/mol. The highest BCUT2D eigenvalue weighted by Gasteiger charge is 2.10. The summed E-state index contributed by atoms with van der Waals surface area (Å²) in [5.41, 5.74) is 1.90. The van der Waals surface area contributed by atoms with Gasteiger partial charge in [0.2, 0.25) is 0 Å². The molecule has 2 aromatic rings. The fourth-order valence-electron chi connectivity index (χ4n) is 1.55. The van der Waals surface area contributed by atoms with Crippen molar-refractivity contribution in [3.8, 4) is 0 Å². The number of benzene rings is 1. The zero-order chi connectivity index (χ0) is 12.4. The molecule has 0 amide bonds. The van der Waals surface area contributed by atoms with Crippen LogP contribution in [0.2, 0.25) is 0 Å². The molecule has 0 bridgehead atoms. The molecule has 0 aliphatic rings. The van der Waals surface area contributed by atoms with Crippen molar-refractivity contribution < 1.29 is 4.42 Å². The fourth-order valence-corrected chi connectivity index (χ4v) is 2.42. The minimum Gasteiger partial charge on any atom is -0.456 e. The zero-order valence-corrected chi connectivity index (χ0v) is 14.7. The van der Waals surface area contributed by atoms with Gasteiger partial charge in [0, 0.05) is 17.0 Å². The largest absolute Gasteiger partial charge is 0.456 e. The van der Waals surface area contributed by atoms with Gasteiger partial charge in [-0.25, -0.2) is 0 Å². The van der Waals surface area contributed by atoms with Crippen molar-refractivity contribution in [3.63, 3.8) is 0 Å². The van der Waals surface area contributed by atoms with Crippen LogP contribution in [-0.2, 0) is 0 Å². The van der Waals surface area contributed by atoms with Crippen LogP contribution in [0.1, 0.15) is 11.3 Å². The van der Waals surface area contributed by atoms with Gasteiger partial charge >= 0.3 is 0 Å². The molecule has 1 aromatic heterocycles. The van der Waals surface area contributed by atoms with Gasteiger partial charge in [-0.1, -0.05) is 18.2 Å². The van der Waals surface area contributed by atoms with Crippen LogP contribution in [0, 0.1) is 0 Å². The minimum absolute atomic E-state index is 0.798. The summed E-state index contributed by atoms with van der Waals surface area (Å²) in [6, 6.07) is 7.94. The Labute approximate surface area is 132 Å². The first kappa shape index (κ1) is 13.6. The number of halogens is 4. The molecular formula is C12H6Br4O. The van der Waals surface area contributed by atoms with Crippen molar-refractivity contribution >= 4 is 86.8 Å². The van der Waals surface area contributed by atoms with Crippen molar-refractivity contribution in [2.24, 2.45) is 0 Å². The van der Waals surface area contributed by atoms with E-state index in [1.54, 1.807) is 0 Å². The highest BCUT2D eigenvalue weighted by atomic mass is 79.9. The van der Waals surface area contributed by atoms with Gasteiger partial charge in [-0.05, 0) is 75.9 Å². The second kappa shape index (κ2) is 5.87. The molecule has 1 aromatic carbocycles. The second-order valence-electron chi connectivity index (χ2n) is 3.24. The molecule has 0 radical (unpaired) electrons. The van der Waals surface area contributed by atoms with E-state index in [9.17, 15) is 0 Å². The molecule has 88 valence electrons. The number of rotatable bonds is 2. The van der Waals surface area contributed by atoms with Gasteiger partial charge in [0.15, 0.2) is 0 Å². The van der Waals surface area contributed by atoms with Crippen molar-refractivity contribution in [1.29, 1.82) is 0 Å². The van der Waals surface area contributed by atoms with Crippen LogP contribution in [0.3, 0.4) is 0 Å². The lowest BCUT2D eigenvalue weighted by Crippen LogP contribution is -1.73. The summed E-state index contributed by atoms with van der Waals surface area (Å²) < 4.78 is 7.50. The molecule has 0 spiro atoms. The maximum Gasteiger partial charge on any atom is 0.137 e. The Balaban J connectivity index is 2.74. The van der Waals surface area contributed by atoms with Gasteiger partial charge in [0.25, 0.3) is 0 Å². The number of para-hydroxylation sites is 1. The molecule has 2 rings (SSSR count). The Morgan fingerprint density at radius 1 is 0.941 bits per heavy atom. The van der Waals surface area contributed by atoms with E-state index in [1.165, 1.54) is 0 Å². The van der Waals surface area contributed by atoms with E-state index >= 15 is 0 Å². The lowest BCUT2D eigenvalue weighted by atomic mass is 10.1. The van der Waals surface area contributed by atoms with Gasteiger partial charge in [-0.15, -0.1) is 0 Å². The molecule has 0 unspecified atom stereocenters. The summed E-state index contributed by atoms with van der Waals surface area (Å²) in [7, 11) is 0. The third kappa shape index (κ3) is 3.34. The van der Waals surface area contributed by atoms with Crippen molar-refractivity contribution in [3.05, 3.63) is 42.4 Å². The number of hydrogen-bond acceptors (Lipinski definition) is 1. The van der Waals surface area contributed by atoms with E-state index in [2.05, 4.69) is 63.7 Å². The lowest BCUT2D eigenvalue weighted by molar-refractivity contribution is 0.603. The van der Waals surface area contributed by atoms with E-state index in [0.717, 1.165) is 29.1 Å². The standard InChI is InChI=1S/C12H6Br4O/c13-11(14)5-8-7-3-1-2-4-9(7)17-10(8)6-12(15)16/h1-6H. The summed E-state index contributed by atoms with van der Waals surface area (Å²) in [5.74, 6) is 0.798. The van der Waals surface area contributed by atoms with E-state index in [1.807, 2.05) is 36.4 Å². The van der Waals surface area contributed by atoms with Gasteiger partial charge < -0.3 is 4.42 Å².